The maximum absolute atomic E-state index is 12.1. The van der Waals surface area contributed by atoms with Gasteiger partial charge in [0.25, 0.3) is 0 Å². The van der Waals surface area contributed by atoms with Gasteiger partial charge in [0.2, 0.25) is 5.91 Å². The molecular weight excluding hydrogens is 383 g/mol. The van der Waals surface area contributed by atoms with Gasteiger partial charge in [-0.1, -0.05) is 23.2 Å². The molecule has 1 heterocycles. The zero-order chi connectivity index (χ0) is 18.0. The Morgan fingerprint density at radius 2 is 1.96 bits per heavy atom. The molecule has 0 aromatic heterocycles. The van der Waals surface area contributed by atoms with Gasteiger partial charge in [-0.05, 0) is 48.6 Å². The van der Waals surface area contributed by atoms with E-state index in [9.17, 15) is 4.79 Å². The van der Waals surface area contributed by atoms with Gasteiger partial charge in [0.15, 0.2) is 5.11 Å². The molecule has 1 unspecified atom stereocenters. The molecule has 0 aliphatic carbocycles. The van der Waals surface area contributed by atoms with Crippen molar-refractivity contribution in [3.63, 3.8) is 0 Å². The normalized spacial score (nSPS) is 15.3. The Balaban J connectivity index is 1.64. The molecule has 2 aromatic rings. The lowest BCUT2D eigenvalue weighted by molar-refractivity contribution is -0.117. The summed E-state index contributed by atoms with van der Waals surface area (Å²) in [6, 6.07) is 9.86. The zero-order valence-electron chi connectivity index (χ0n) is 13.0. The van der Waals surface area contributed by atoms with Crippen LogP contribution in [-0.4, -0.2) is 18.1 Å². The number of thiocarbonyl (C=S) groups is 1. The summed E-state index contributed by atoms with van der Waals surface area (Å²) in [4.78, 5) is 12.1. The number of carbonyl (C=O) groups excluding carboxylic acids is 1. The third-order valence-electron chi connectivity index (χ3n) is 3.58. The van der Waals surface area contributed by atoms with Crippen molar-refractivity contribution in [2.45, 2.75) is 6.04 Å². The number of rotatable bonds is 4. The standard InChI is InChI=1S/C16H14Cl2N4O2S/c1-24-10-4-2-9(3-5-10)19-16(25)22-21-14-11-6-8(17)7-12(18)13(11)20-15(14)23/h2-7,14,21H,1H3,(H,20,23)(H2,19,22,25). The molecule has 2 aromatic carbocycles. The molecule has 6 nitrogen and oxygen atoms in total. The highest BCUT2D eigenvalue weighted by Crippen LogP contribution is 2.38. The van der Waals surface area contributed by atoms with E-state index in [4.69, 9.17) is 40.2 Å². The average Bonchev–Trinajstić information content (AvgIpc) is 2.89. The SMILES string of the molecule is COc1ccc(NC(=S)NNC2C(=O)Nc3c(Cl)cc(Cl)cc32)cc1. The fourth-order valence-corrected chi connectivity index (χ4v) is 3.14. The number of nitrogens with one attached hydrogen (secondary N) is 4. The quantitative estimate of drug-likeness (QED) is 0.468. The topological polar surface area (TPSA) is 74.4 Å². The molecule has 0 fully saturated rings. The summed E-state index contributed by atoms with van der Waals surface area (Å²) >= 11 is 17.3. The van der Waals surface area contributed by atoms with Crippen molar-refractivity contribution in [2.75, 3.05) is 17.7 Å². The monoisotopic (exact) mass is 396 g/mol. The fourth-order valence-electron chi connectivity index (χ4n) is 2.41. The number of hydrogen-bond donors (Lipinski definition) is 4. The van der Waals surface area contributed by atoms with E-state index < -0.39 is 6.04 Å². The molecule has 0 saturated heterocycles. The summed E-state index contributed by atoms with van der Waals surface area (Å²) in [6.45, 7) is 0. The average molecular weight is 397 g/mol. The van der Waals surface area contributed by atoms with Crippen molar-refractivity contribution in [1.82, 2.24) is 10.9 Å². The van der Waals surface area contributed by atoms with E-state index in [1.807, 2.05) is 24.3 Å². The smallest absolute Gasteiger partial charge is 0.248 e. The van der Waals surface area contributed by atoms with Gasteiger partial charge >= 0.3 is 0 Å². The first-order valence-electron chi connectivity index (χ1n) is 7.24. The van der Waals surface area contributed by atoms with Crippen molar-refractivity contribution in [3.05, 3.63) is 52.0 Å². The van der Waals surface area contributed by atoms with Crippen molar-refractivity contribution < 1.29 is 9.53 Å². The van der Waals surface area contributed by atoms with E-state index in [1.54, 1.807) is 19.2 Å². The largest absolute Gasteiger partial charge is 0.497 e. The van der Waals surface area contributed by atoms with E-state index in [0.29, 0.717) is 26.4 Å². The zero-order valence-corrected chi connectivity index (χ0v) is 15.4. The second kappa shape index (κ2) is 7.45. The Morgan fingerprint density at radius 3 is 2.64 bits per heavy atom. The maximum atomic E-state index is 12.1. The van der Waals surface area contributed by atoms with Crippen LogP contribution in [0.3, 0.4) is 0 Å². The summed E-state index contributed by atoms with van der Waals surface area (Å²) < 4.78 is 5.10. The first-order valence-corrected chi connectivity index (χ1v) is 8.40. The Bertz CT molecular complexity index is 830. The van der Waals surface area contributed by atoms with E-state index in [1.165, 1.54) is 0 Å². The number of fused-ring (bicyclic) bond motifs is 1. The summed E-state index contributed by atoms with van der Waals surface area (Å²) in [7, 11) is 1.60. The maximum Gasteiger partial charge on any atom is 0.248 e. The van der Waals surface area contributed by atoms with Gasteiger partial charge in [-0.15, -0.1) is 0 Å². The van der Waals surface area contributed by atoms with Crippen LogP contribution in [0.25, 0.3) is 0 Å². The van der Waals surface area contributed by atoms with Crippen LogP contribution in [0.1, 0.15) is 11.6 Å². The summed E-state index contributed by atoms with van der Waals surface area (Å²) in [5.74, 6) is 0.495. The van der Waals surface area contributed by atoms with Crippen LogP contribution in [0.5, 0.6) is 5.75 Å². The number of benzene rings is 2. The Morgan fingerprint density at radius 1 is 1.24 bits per heavy atom. The first-order chi connectivity index (χ1) is 12.0. The number of halogens is 2. The Kier molecular flexibility index (Phi) is 5.29. The molecule has 0 bridgehead atoms. The van der Waals surface area contributed by atoms with Crippen LogP contribution in [0, 0.1) is 0 Å². The van der Waals surface area contributed by atoms with Gasteiger partial charge in [-0.3, -0.25) is 10.2 Å². The van der Waals surface area contributed by atoms with Crippen molar-refractivity contribution >= 4 is 57.8 Å². The molecule has 1 aliphatic rings. The molecule has 1 amide bonds. The molecule has 0 radical (unpaired) electrons. The van der Waals surface area contributed by atoms with Gasteiger partial charge in [-0.2, -0.15) is 0 Å². The van der Waals surface area contributed by atoms with Crippen LogP contribution in [0.2, 0.25) is 10.0 Å². The minimum absolute atomic E-state index is 0.251. The van der Waals surface area contributed by atoms with Crippen LogP contribution in [0.15, 0.2) is 36.4 Å². The highest BCUT2D eigenvalue weighted by atomic mass is 35.5. The molecule has 4 N–H and O–H groups in total. The van der Waals surface area contributed by atoms with Crippen LogP contribution in [0.4, 0.5) is 11.4 Å². The molecule has 1 atom stereocenters. The summed E-state index contributed by atoms with van der Waals surface area (Å²) in [5.41, 5.74) is 7.66. The van der Waals surface area contributed by atoms with Crippen molar-refractivity contribution in [2.24, 2.45) is 0 Å². The minimum Gasteiger partial charge on any atom is -0.497 e. The Labute approximate surface area is 159 Å². The highest BCUT2D eigenvalue weighted by molar-refractivity contribution is 7.80. The molecule has 9 heteroatoms. The summed E-state index contributed by atoms with van der Waals surface area (Å²) in [5, 5.41) is 6.86. The lowest BCUT2D eigenvalue weighted by Gasteiger charge is -2.16. The second-order valence-electron chi connectivity index (χ2n) is 5.23. The van der Waals surface area contributed by atoms with Crippen LogP contribution >= 0.6 is 35.4 Å². The number of ether oxygens (including phenoxy) is 1. The van der Waals surface area contributed by atoms with E-state index in [0.717, 1.165) is 11.4 Å². The molecule has 0 saturated carbocycles. The van der Waals surface area contributed by atoms with Crippen molar-refractivity contribution in [3.8, 4) is 5.75 Å². The number of anilines is 2. The molecule has 130 valence electrons. The molecule has 3 rings (SSSR count). The number of carbonyl (C=O) groups is 1. The fraction of sp³-hybridized carbons (Fsp3) is 0.125. The Hall–Kier alpha value is -2.06. The third-order valence-corrected chi connectivity index (χ3v) is 4.31. The highest BCUT2D eigenvalue weighted by Gasteiger charge is 2.32. The predicted molar refractivity (Wildman–Crippen MR) is 103 cm³/mol. The molecule has 1 aliphatic heterocycles. The van der Waals surface area contributed by atoms with Crippen molar-refractivity contribution in [1.29, 1.82) is 0 Å². The number of amides is 1. The predicted octanol–water partition coefficient (Wildman–Crippen LogP) is 3.49. The summed E-state index contributed by atoms with van der Waals surface area (Å²) in [6.07, 6.45) is 0. The van der Waals surface area contributed by atoms with E-state index in [2.05, 4.69) is 21.5 Å². The third kappa shape index (κ3) is 3.96. The number of methoxy groups -OCH3 is 1. The van der Waals surface area contributed by atoms with Gasteiger partial charge < -0.3 is 15.4 Å². The van der Waals surface area contributed by atoms with E-state index in [-0.39, 0.29) is 5.91 Å². The van der Waals surface area contributed by atoms with E-state index >= 15 is 0 Å². The van der Waals surface area contributed by atoms with Gasteiger partial charge in [0, 0.05) is 16.3 Å². The number of hydrogen-bond acceptors (Lipinski definition) is 4. The second-order valence-corrected chi connectivity index (χ2v) is 6.48. The first kappa shape index (κ1) is 17.8. The molecule has 0 spiro atoms. The minimum atomic E-state index is -0.665. The van der Waals surface area contributed by atoms with Gasteiger partial charge in [0.05, 0.1) is 17.8 Å². The lowest BCUT2D eigenvalue weighted by atomic mass is 10.1. The van der Waals surface area contributed by atoms with Gasteiger partial charge in [-0.25, -0.2) is 5.43 Å². The lowest BCUT2D eigenvalue weighted by Crippen LogP contribution is -2.44. The molecular formula is C16H14Cl2N4O2S. The van der Waals surface area contributed by atoms with Gasteiger partial charge in [0.1, 0.15) is 11.8 Å². The van der Waals surface area contributed by atoms with Crippen LogP contribution in [-0.2, 0) is 4.79 Å². The number of hydrazine groups is 1. The molecule has 25 heavy (non-hydrogen) atoms. The van der Waals surface area contributed by atoms with Crippen LogP contribution < -0.4 is 26.2 Å².